The third kappa shape index (κ3) is 4.03. The number of amides is 2. The number of carbonyl (C=O) groups excluding carboxylic acids is 3. The monoisotopic (exact) mass is 494 g/mol. The number of hydrogen-bond donors (Lipinski definition) is 4. The molecule has 4 heterocycles. The standard InChI is InChI=1S/C18H15N5O6S3/c19-10(8-6-32-18(20)21-8)13(24)22-11-14(25)23-12(16(26)27)7(4-30-15(11)23)5-31-17(28)9-2-1-3-29-9/h1-3,6,11,15,19H,4-5H2,(H2,20,21)(H,22,24)(H,26,27)/p+1. The third-order valence-corrected chi connectivity index (χ3v) is 7.65. The molecule has 1 saturated heterocycles. The van der Waals surface area contributed by atoms with Gasteiger partial charge < -0.3 is 20.6 Å². The summed E-state index contributed by atoms with van der Waals surface area (Å²) in [4.78, 5) is 54.2. The summed E-state index contributed by atoms with van der Waals surface area (Å²) in [6, 6.07) is 2.16. The van der Waals surface area contributed by atoms with E-state index in [-0.39, 0.29) is 44.6 Å². The van der Waals surface area contributed by atoms with Gasteiger partial charge in [0.2, 0.25) is 0 Å². The van der Waals surface area contributed by atoms with Gasteiger partial charge in [0.15, 0.2) is 16.6 Å². The van der Waals surface area contributed by atoms with Gasteiger partial charge in [0, 0.05) is 16.9 Å². The number of hydrogen-bond acceptors (Lipinski definition) is 10. The predicted octanol–water partition coefficient (Wildman–Crippen LogP) is -0.821. The minimum absolute atomic E-state index is 0.0909. The zero-order valence-corrected chi connectivity index (χ0v) is 18.6. The molecule has 2 amide bonds. The average molecular weight is 495 g/mol. The molecule has 0 bridgehead atoms. The number of thioether (sulfide) groups is 2. The first-order valence-electron chi connectivity index (χ1n) is 9.03. The number of rotatable bonds is 7. The number of nitrogen functional groups attached to an aromatic ring is 1. The van der Waals surface area contributed by atoms with E-state index >= 15 is 0 Å². The maximum absolute atomic E-state index is 12.7. The summed E-state index contributed by atoms with van der Waals surface area (Å²) in [5.41, 5.74) is 5.83. The first-order valence-corrected chi connectivity index (χ1v) is 11.9. The lowest BCUT2D eigenvalue weighted by Gasteiger charge is -2.49. The van der Waals surface area contributed by atoms with Gasteiger partial charge in [-0.05, 0) is 17.7 Å². The van der Waals surface area contributed by atoms with Crippen LogP contribution < -0.4 is 16.5 Å². The summed E-state index contributed by atoms with van der Waals surface area (Å²) in [6.07, 6.45) is 1.37. The van der Waals surface area contributed by atoms with Crippen molar-refractivity contribution in [2.75, 3.05) is 17.2 Å². The number of nitrogens with zero attached hydrogens (tertiary/aromatic N) is 2. The number of thiazole rings is 1. The molecule has 2 aromatic rings. The lowest BCUT2D eigenvalue weighted by Crippen LogP contribution is -2.71. The highest BCUT2D eigenvalue weighted by molar-refractivity contribution is 8.14. The lowest BCUT2D eigenvalue weighted by atomic mass is 10.0. The van der Waals surface area contributed by atoms with Crippen molar-refractivity contribution in [2.24, 2.45) is 0 Å². The molecule has 2 unspecified atom stereocenters. The molecule has 2 aliphatic heterocycles. The lowest BCUT2D eigenvalue weighted by molar-refractivity contribution is -0.151. The van der Waals surface area contributed by atoms with E-state index in [1.165, 1.54) is 29.5 Å². The number of fused-ring (bicyclic) bond motifs is 1. The highest BCUT2D eigenvalue weighted by atomic mass is 32.2. The van der Waals surface area contributed by atoms with Crippen LogP contribution in [-0.2, 0) is 14.4 Å². The molecule has 0 radical (unpaired) electrons. The van der Waals surface area contributed by atoms with Gasteiger partial charge in [-0.25, -0.2) is 15.2 Å². The molecule has 166 valence electrons. The second-order valence-corrected chi connectivity index (χ2v) is 9.60. The molecule has 0 aromatic carbocycles. The number of β-lactam (4-membered cyclic amide) rings is 1. The number of nitrogens with two attached hydrogens (primary N) is 2. The molecule has 14 heteroatoms. The van der Waals surface area contributed by atoms with Crippen LogP contribution in [0, 0.1) is 0 Å². The fourth-order valence-corrected chi connectivity index (χ4v) is 6.00. The second kappa shape index (κ2) is 8.80. The van der Waals surface area contributed by atoms with Crippen LogP contribution in [0.1, 0.15) is 16.2 Å². The Balaban J connectivity index is 1.44. The Labute approximate surface area is 192 Å². The second-order valence-electron chi connectivity index (χ2n) is 6.66. The molecule has 2 aliphatic rings. The van der Waals surface area contributed by atoms with E-state index in [9.17, 15) is 24.3 Å². The van der Waals surface area contributed by atoms with Gasteiger partial charge in [-0.3, -0.25) is 19.3 Å². The number of carboxylic acid groups (broad SMARTS) is 1. The van der Waals surface area contributed by atoms with Crippen LogP contribution in [0.25, 0.3) is 0 Å². The zero-order valence-electron chi connectivity index (χ0n) is 16.1. The van der Waals surface area contributed by atoms with Crippen molar-refractivity contribution < 1.29 is 34.1 Å². The van der Waals surface area contributed by atoms with Crippen molar-refractivity contribution in [3.05, 3.63) is 46.5 Å². The average Bonchev–Trinajstić information content (AvgIpc) is 3.46. The fourth-order valence-electron chi connectivity index (χ4n) is 3.16. The van der Waals surface area contributed by atoms with E-state index in [0.717, 1.165) is 28.0 Å². The largest absolute Gasteiger partial charge is 0.477 e. The smallest absolute Gasteiger partial charge is 0.352 e. The Hall–Kier alpha value is -3.10. The molecule has 32 heavy (non-hydrogen) atoms. The molecule has 6 N–H and O–H groups in total. The Bertz CT molecular complexity index is 1160. The van der Waals surface area contributed by atoms with Crippen molar-refractivity contribution >= 4 is 68.6 Å². The molecule has 1 fully saturated rings. The van der Waals surface area contributed by atoms with Crippen molar-refractivity contribution in [2.45, 2.75) is 11.4 Å². The van der Waals surface area contributed by atoms with Crippen molar-refractivity contribution in [3.63, 3.8) is 0 Å². The Kier molecular flexibility index (Phi) is 6.08. The van der Waals surface area contributed by atoms with Crippen molar-refractivity contribution in [1.29, 1.82) is 0 Å². The number of carbonyl (C=O) groups is 4. The SMILES string of the molecule is Nc1nc(C(=[NH2+])C(=O)NC2C(=O)N3C(C(=O)O)=C(CSC(=O)c4ccco4)CSC23)cs1. The summed E-state index contributed by atoms with van der Waals surface area (Å²) in [5.74, 6) is -2.01. The number of furan rings is 1. The zero-order chi connectivity index (χ0) is 23.0. The normalized spacial score (nSPS) is 19.9. The quantitative estimate of drug-likeness (QED) is 0.280. The van der Waals surface area contributed by atoms with Crippen LogP contribution in [0.15, 0.2) is 39.5 Å². The predicted molar refractivity (Wildman–Crippen MR) is 118 cm³/mol. The van der Waals surface area contributed by atoms with Gasteiger partial charge in [-0.15, -0.1) is 23.1 Å². The highest BCUT2D eigenvalue weighted by Gasteiger charge is 2.54. The summed E-state index contributed by atoms with van der Waals surface area (Å²) >= 11 is 3.31. The van der Waals surface area contributed by atoms with E-state index in [2.05, 4.69) is 10.3 Å². The maximum Gasteiger partial charge on any atom is 0.352 e. The Morgan fingerprint density at radius 3 is 2.84 bits per heavy atom. The van der Waals surface area contributed by atoms with Crippen LogP contribution in [0.3, 0.4) is 0 Å². The maximum atomic E-state index is 12.7. The van der Waals surface area contributed by atoms with Gasteiger partial charge in [0.1, 0.15) is 17.1 Å². The summed E-state index contributed by atoms with van der Waals surface area (Å²) in [6.45, 7) is 0. The van der Waals surface area contributed by atoms with Crippen LogP contribution in [0.4, 0.5) is 5.13 Å². The van der Waals surface area contributed by atoms with Gasteiger partial charge in [-0.1, -0.05) is 11.8 Å². The summed E-state index contributed by atoms with van der Waals surface area (Å²) in [7, 11) is 0. The number of anilines is 1. The number of aromatic nitrogens is 1. The van der Waals surface area contributed by atoms with Crippen LogP contribution in [0.2, 0.25) is 0 Å². The Morgan fingerprint density at radius 2 is 2.22 bits per heavy atom. The molecular weight excluding hydrogens is 478 g/mol. The molecular formula is C18H16N5O6S3+. The van der Waals surface area contributed by atoms with Crippen molar-refractivity contribution in [1.82, 2.24) is 15.2 Å². The van der Waals surface area contributed by atoms with E-state index in [4.69, 9.17) is 15.6 Å². The molecule has 0 spiro atoms. The van der Waals surface area contributed by atoms with Gasteiger partial charge in [-0.2, -0.15) is 0 Å². The summed E-state index contributed by atoms with van der Waals surface area (Å²) in [5, 5.41) is 18.9. The highest BCUT2D eigenvalue weighted by Crippen LogP contribution is 2.41. The molecule has 11 nitrogen and oxygen atoms in total. The van der Waals surface area contributed by atoms with E-state index < -0.39 is 29.2 Å². The van der Waals surface area contributed by atoms with E-state index in [0.29, 0.717) is 5.57 Å². The molecule has 2 aromatic heterocycles. The van der Waals surface area contributed by atoms with E-state index in [1.54, 1.807) is 6.07 Å². The van der Waals surface area contributed by atoms with E-state index in [1.807, 2.05) is 0 Å². The van der Waals surface area contributed by atoms with Crippen molar-refractivity contribution in [3.8, 4) is 0 Å². The third-order valence-electron chi connectivity index (χ3n) is 4.68. The molecule has 4 rings (SSSR count). The molecule has 2 atom stereocenters. The first kappa shape index (κ1) is 22.1. The fraction of sp³-hybridized carbons (Fsp3) is 0.222. The Morgan fingerprint density at radius 1 is 1.44 bits per heavy atom. The topological polar surface area (TPSA) is 181 Å². The van der Waals surface area contributed by atoms with Gasteiger partial charge in [0.05, 0.1) is 6.26 Å². The van der Waals surface area contributed by atoms with Gasteiger partial charge >= 0.3 is 11.9 Å². The van der Waals surface area contributed by atoms with Crippen LogP contribution in [0.5, 0.6) is 0 Å². The first-order chi connectivity index (χ1) is 15.3. The molecule has 0 saturated carbocycles. The summed E-state index contributed by atoms with van der Waals surface area (Å²) < 4.78 is 5.04. The minimum atomic E-state index is -1.28. The number of aliphatic carboxylic acids is 1. The van der Waals surface area contributed by atoms with Gasteiger partial charge in [0.25, 0.3) is 16.7 Å². The van der Waals surface area contributed by atoms with Crippen LogP contribution >= 0.6 is 34.9 Å². The molecule has 0 aliphatic carbocycles. The van der Waals surface area contributed by atoms with Crippen LogP contribution in [-0.4, -0.2) is 66.5 Å². The number of nitrogens with one attached hydrogen (secondary N) is 1. The minimum Gasteiger partial charge on any atom is -0.477 e. The number of carboxylic acids is 1.